The van der Waals surface area contributed by atoms with Gasteiger partial charge in [0.2, 0.25) is 0 Å². The quantitative estimate of drug-likeness (QED) is 0.115. The molecule has 0 N–H and O–H groups in total. The van der Waals surface area contributed by atoms with Crippen LogP contribution in [0.15, 0.2) is 0 Å². The summed E-state index contributed by atoms with van der Waals surface area (Å²) >= 11 is -2.55. The van der Waals surface area contributed by atoms with Crippen molar-refractivity contribution in [2.45, 2.75) is 0 Å². The molecular weight excluding hydrogens is 620 g/mol. The Balaban J connectivity index is 2.18. The Hall–Kier alpha value is -4.16. The van der Waals surface area contributed by atoms with Crippen LogP contribution in [0.5, 0.6) is 0 Å². The third-order valence-corrected chi connectivity index (χ3v) is 9.74. The van der Waals surface area contributed by atoms with Crippen molar-refractivity contribution >= 4 is 81.4 Å². The van der Waals surface area contributed by atoms with Crippen molar-refractivity contribution < 1.29 is 26.3 Å². The minimum absolute atomic E-state index is 0.265. The molecule has 0 bridgehead atoms. The zero-order chi connectivity index (χ0) is 26.0. The second-order valence-electron chi connectivity index (χ2n) is 6.95. The predicted octanol–water partition coefficient (Wildman–Crippen LogP) is 2.79. The van der Waals surface area contributed by atoms with E-state index >= 15 is 26.3 Å². The van der Waals surface area contributed by atoms with Gasteiger partial charge in [-0.05, 0) is 0 Å². The Morgan fingerprint density at radius 1 is 0.639 bits per heavy atom. The minimum atomic E-state index is -1.83. The van der Waals surface area contributed by atoms with Crippen molar-refractivity contribution in [3.63, 3.8) is 0 Å². The van der Waals surface area contributed by atoms with Gasteiger partial charge < -0.3 is 0 Å². The molecular formula is C22F6N6Se2. The summed E-state index contributed by atoms with van der Waals surface area (Å²) in [6.07, 6.45) is 0. The van der Waals surface area contributed by atoms with Crippen LogP contribution < -0.4 is 8.45 Å². The number of fused-ring (bicyclic) bond motifs is 7. The maximum atomic E-state index is 15.5. The first-order valence-electron chi connectivity index (χ1n) is 9.21. The molecule has 0 unspecified atom stereocenters. The maximum absolute atomic E-state index is 15.5. The molecule has 0 aliphatic rings. The van der Waals surface area contributed by atoms with Gasteiger partial charge in [0.15, 0.2) is 0 Å². The van der Waals surface area contributed by atoms with E-state index in [-0.39, 0.29) is 17.0 Å². The predicted molar refractivity (Wildman–Crippen MR) is 115 cm³/mol. The van der Waals surface area contributed by atoms with E-state index in [1.165, 1.54) is 18.2 Å². The van der Waals surface area contributed by atoms with E-state index in [0.717, 1.165) is 0 Å². The van der Waals surface area contributed by atoms with Gasteiger partial charge in [-0.2, -0.15) is 0 Å². The molecule has 36 heavy (non-hydrogen) atoms. The van der Waals surface area contributed by atoms with Crippen LogP contribution in [0.1, 0.15) is 0 Å². The van der Waals surface area contributed by atoms with E-state index in [4.69, 9.17) is 22.4 Å². The molecule has 6 nitrogen and oxygen atoms in total. The van der Waals surface area contributed by atoms with E-state index < -0.39 is 108 Å². The van der Waals surface area contributed by atoms with E-state index in [0.29, 0.717) is 0 Å². The third kappa shape index (κ3) is 2.94. The monoisotopic (exact) mass is 622 g/mol. The van der Waals surface area contributed by atoms with Gasteiger partial charge in [0.05, 0.1) is 0 Å². The Labute approximate surface area is 206 Å². The van der Waals surface area contributed by atoms with Crippen molar-refractivity contribution in [2.24, 2.45) is 0 Å². The van der Waals surface area contributed by atoms with Crippen LogP contribution in [-0.2, 0) is 0 Å². The molecule has 0 radical (unpaired) electrons. The Bertz CT molecular complexity index is 1980. The number of hydrogen-bond acceptors (Lipinski definition) is 5. The summed E-state index contributed by atoms with van der Waals surface area (Å²) in [6, 6.07) is 4.58. The second-order valence-corrected chi connectivity index (χ2v) is 11.1. The molecule has 0 fully saturated rings. The average Bonchev–Trinajstić information content (AvgIpc) is 3.50. The Kier molecular flexibility index (Phi) is 5.37. The first kappa shape index (κ1) is 23.6. The fourth-order valence-electron chi connectivity index (χ4n) is 3.71. The number of nitrogens with zero attached hydrogens (tertiary/aromatic N) is 6. The van der Waals surface area contributed by atoms with Gasteiger partial charge in [-0.3, -0.25) is 0 Å². The molecule has 3 aromatic carbocycles. The summed E-state index contributed by atoms with van der Waals surface area (Å²) in [7, 11) is 0. The van der Waals surface area contributed by atoms with Crippen LogP contribution in [0.4, 0.5) is 26.3 Å². The molecule has 0 atom stereocenters. The first-order chi connectivity index (χ1) is 17.2. The fraction of sp³-hybridized carbons (Fsp3) is 0. The van der Waals surface area contributed by atoms with Crippen molar-refractivity contribution in [1.82, 2.24) is 9.97 Å². The average molecular weight is 620 g/mol. The van der Waals surface area contributed by atoms with Crippen LogP contribution >= 0.6 is 0 Å². The molecule has 0 saturated carbocycles. The molecule has 0 saturated heterocycles. The number of aromatic nitrogens is 2. The van der Waals surface area contributed by atoms with Gasteiger partial charge >= 0.3 is 206 Å². The van der Waals surface area contributed by atoms with E-state index in [9.17, 15) is 0 Å². The van der Waals surface area contributed by atoms with Gasteiger partial charge in [0.1, 0.15) is 0 Å². The summed E-state index contributed by atoms with van der Waals surface area (Å²) in [4.78, 5) is 10.4. The molecule has 0 aliphatic heterocycles. The molecule has 172 valence electrons. The molecule has 2 heterocycles. The molecule has 5 rings (SSSR count). The van der Waals surface area contributed by atoms with Crippen molar-refractivity contribution in [1.29, 1.82) is 15.8 Å². The van der Waals surface area contributed by atoms with E-state index in [2.05, 4.69) is 14.8 Å². The summed E-state index contributed by atoms with van der Waals surface area (Å²) in [5, 5.41) is 23.3. The van der Waals surface area contributed by atoms with Crippen LogP contribution in [0.3, 0.4) is 0 Å². The van der Waals surface area contributed by atoms with Crippen LogP contribution in [0.2, 0.25) is 0 Å². The van der Waals surface area contributed by atoms with Gasteiger partial charge in [0, 0.05) is 0 Å². The first-order valence-corrected chi connectivity index (χ1v) is 12.6. The number of nitriles is 3. The number of benzene rings is 3. The molecule has 5 aromatic rings. The topological polar surface area (TPSA) is 102 Å². The Morgan fingerprint density at radius 3 is 1.47 bits per heavy atom. The van der Waals surface area contributed by atoms with Crippen molar-refractivity contribution in [3.05, 3.63) is 54.8 Å². The zero-order valence-corrected chi connectivity index (χ0v) is 20.2. The summed E-state index contributed by atoms with van der Waals surface area (Å²) < 4.78 is 90.3. The van der Waals surface area contributed by atoms with Gasteiger partial charge in [-0.25, -0.2) is 0 Å². The molecule has 0 aliphatic carbocycles. The standard InChI is InChI=1S/C22F6N6Se2/c1-32-6(4-31)22-34-18-16(28)12(24)8-7-9(13(25)14(26)10(8)20(18)36-22)19-17(15(27)11(7)23)33-21(35-19)5(2-29)3-30/b22-6+. The van der Waals surface area contributed by atoms with Gasteiger partial charge in [0.25, 0.3) is 0 Å². The van der Waals surface area contributed by atoms with E-state index in [1.54, 1.807) is 0 Å². The zero-order valence-electron chi connectivity index (χ0n) is 16.8. The SMILES string of the molecule is [C-]#[N+]/C(C#N)=c1\nc2c(F)c(F)c3c(c(F)c(F)c4c5[se]c(=C(C#N)C#N)nc5c(F)c(F)c43)c2[se]1. The second kappa shape index (κ2) is 8.21. The van der Waals surface area contributed by atoms with Gasteiger partial charge in [-0.15, -0.1) is 0 Å². The molecule has 14 heteroatoms. The number of rotatable bonds is 0. The summed E-state index contributed by atoms with van der Waals surface area (Å²) in [6.45, 7) is 7.02. The fourth-order valence-corrected chi connectivity index (χ4v) is 8.10. The summed E-state index contributed by atoms with van der Waals surface area (Å²) in [5.41, 5.74) is -2.64. The van der Waals surface area contributed by atoms with Crippen LogP contribution in [0, 0.1) is 75.5 Å². The molecule has 0 spiro atoms. The van der Waals surface area contributed by atoms with Gasteiger partial charge in [-0.1, -0.05) is 0 Å². The van der Waals surface area contributed by atoms with Crippen LogP contribution in [-0.4, -0.2) is 39.0 Å². The number of hydrogen-bond donors (Lipinski definition) is 0. The van der Waals surface area contributed by atoms with Crippen molar-refractivity contribution in [2.75, 3.05) is 0 Å². The summed E-state index contributed by atoms with van der Waals surface area (Å²) in [5.74, 6) is -10.4. The number of halogens is 6. The third-order valence-electron chi connectivity index (χ3n) is 5.19. The Morgan fingerprint density at radius 2 is 1.06 bits per heavy atom. The normalized spacial score (nSPS) is 11.9. The van der Waals surface area contributed by atoms with E-state index in [1.807, 2.05) is 0 Å². The van der Waals surface area contributed by atoms with Crippen LogP contribution in [0.25, 0.3) is 57.2 Å². The molecule has 2 aromatic heterocycles. The molecule has 0 amide bonds. The van der Waals surface area contributed by atoms with Crippen molar-refractivity contribution in [3.8, 4) is 18.2 Å².